The molecule has 21 heavy (non-hydrogen) atoms. The highest BCUT2D eigenvalue weighted by Gasteiger charge is 2.22. The predicted molar refractivity (Wildman–Crippen MR) is 81.2 cm³/mol. The van der Waals surface area contributed by atoms with Crippen molar-refractivity contribution in [2.75, 3.05) is 25.4 Å². The molecule has 1 fully saturated rings. The molecule has 0 unspecified atom stereocenters. The molecular weight excluding hydrogens is 290 g/mol. The zero-order chi connectivity index (χ0) is 15.5. The second kappa shape index (κ2) is 6.44. The number of benzene rings is 1. The van der Waals surface area contributed by atoms with Crippen LogP contribution in [0, 0.1) is 0 Å². The minimum Gasteiger partial charge on any atom is -0.399 e. The third-order valence-corrected chi connectivity index (χ3v) is 5.12. The molecule has 1 aliphatic heterocycles. The molecule has 116 valence electrons. The molecule has 1 saturated heterocycles. The Morgan fingerprint density at radius 2 is 2.00 bits per heavy atom. The van der Waals surface area contributed by atoms with E-state index in [1.165, 1.54) is 6.07 Å². The summed E-state index contributed by atoms with van der Waals surface area (Å²) >= 11 is 0. The highest BCUT2D eigenvalue weighted by Crippen LogP contribution is 2.19. The Kier molecular flexibility index (Phi) is 4.84. The maximum atomic E-state index is 12.3. The summed E-state index contributed by atoms with van der Waals surface area (Å²) < 4.78 is 27.1. The third kappa shape index (κ3) is 3.74. The number of hydrogen-bond acceptors (Lipinski definition) is 4. The number of aryl methyl sites for hydroxylation is 1. The predicted octanol–water partition coefficient (Wildman–Crippen LogP) is 0.732. The fourth-order valence-corrected chi connectivity index (χ4v) is 3.74. The quantitative estimate of drug-likeness (QED) is 0.784. The zero-order valence-corrected chi connectivity index (χ0v) is 12.9. The van der Waals surface area contributed by atoms with Gasteiger partial charge >= 0.3 is 0 Å². The minimum absolute atomic E-state index is 0.152. The van der Waals surface area contributed by atoms with E-state index in [0.29, 0.717) is 30.8 Å². The number of nitrogens with two attached hydrogens (primary N) is 1. The Hall–Kier alpha value is -1.60. The Morgan fingerprint density at radius 3 is 2.62 bits per heavy atom. The van der Waals surface area contributed by atoms with Crippen molar-refractivity contribution in [2.45, 2.75) is 31.1 Å². The summed E-state index contributed by atoms with van der Waals surface area (Å²) in [5, 5.41) is 0. The Bertz CT molecular complexity index is 622. The second-order valence-electron chi connectivity index (χ2n) is 5.13. The topological polar surface area (TPSA) is 92.5 Å². The maximum Gasteiger partial charge on any atom is 0.241 e. The van der Waals surface area contributed by atoms with E-state index in [0.717, 1.165) is 12.8 Å². The van der Waals surface area contributed by atoms with Gasteiger partial charge in [0.25, 0.3) is 0 Å². The number of anilines is 1. The lowest BCUT2D eigenvalue weighted by molar-refractivity contribution is -0.128. The number of likely N-dealkylation sites (tertiary alicyclic amines) is 1. The molecule has 0 aliphatic carbocycles. The zero-order valence-electron chi connectivity index (χ0n) is 12.1. The van der Waals surface area contributed by atoms with Crippen molar-refractivity contribution in [2.24, 2.45) is 0 Å². The van der Waals surface area contributed by atoms with Crippen molar-refractivity contribution in [3.05, 3.63) is 23.8 Å². The van der Waals surface area contributed by atoms with Crippen LogP contribution >= 0.6 is 0 Å². The molecule has 1 amide bonds. The van der Waals surface area contributed by atoms with Gasteiger partial charge in [0.1, 0.15) is 0 Å². The molecule has 1 aliphatic rings. The molecule has 2 rings (SSSR count). The average Bonchev–Trinajstić information content (AvgIpc) is 2.99. The largest absolute Gasteiger partial charge is 0.399 e. The second-order valence-corrected chi connectivity index (χ2v) is 6.87. The molecule has 6 nitrogen and oxygen atoms in total. The highest BCUT2D eigenvalue weighted by molar-refractivity contribution is 7.89. The van der Waals surface area contributed by atoms with Crippen molar-refractivity contribution in [1.82, 2.24) is 9.62 Å². The summed E-state index contributed by atoms with van der Waals surface area (Å²) in [5.74, 6) is -0.182. The van der Waals surface area contributed by atoms with Crippen LogP contribution in [0.4, 0.5) is 5.69 Å². The molecule has 7 heteroatoms. The molecular formula is C14H21N3O3S. The van der Waals surface area contributed by atoms with Crippen molar-refractivity contribution >= 4 is 21.6 Å². The third-order valence-electron chi connectivity index (χ3n) is 3.63. The lowest BCUT2D eigenvalue weighted by Gasteiger charge is -2.16. The van der Waals surface area contributed by atoms with Crippen molar-refractivity contribution < 1.29 is 13.2 Å². The molecule has 0 saturated carbocycles. The Labute approximate surface area is 125 Å². The molecule has 1 aromatic carbocycles. The first kappa shape index (κ1) is 15.8. The summed E-state index contributed by atoms with van der Waals surface area (Å²) in [6.45, 7) is 3.08. The number of nitrogens with one attached hydrogen (secondary N) is 1. The van der Waals surface area contributed by atoms with Crippen LogP contribution in [0.15, 0.2) is 23.1 Å². The molecule has 0 atom stereocenters. The first-order chi connectivity index (χ1) is 9.94. The number of carbonyl (C=O) groups excluding carboxylic acids is 1. The number of nitrogens with zero attached hydrogens (tertiary/aromatic N) is 1. The normalized spacial score (nSPS) is 15.4. The van der Waals surface area contributed by atoms with Gasteiger partial charge in [0.05, 0.1) is 11.4 Å². The molecule has 3 N–H and O–H groups in total. The molecule has 0 spiro atoms. The maximum absolute atomic E-state index is 12.3. The van der Waals surface area contributed by atoms with Gasteiger partial charge in [-0.25, -0.2) is 13.1 Å². The smallest absolute Gasteiger partial charge is 0.241 e. The van der Waals surface area contributed by atoms with Gasteiger partial charge in [-0.2, -0.15) is 0 Å². The summed E-state index contributed by atoms with van der Waals surface area (Å²) in [6, 6.07) is 4.81. The monoisotopic (exact) mass is 311 g/mol. The standard InChI is InChI=1S/C14H21N3O3S/c1-2-11-5-6-12(15)9-13(11)21(19,20)16-10-14(18)17-7-3-4-8-17/h5-6,9,16H,2-4,7-8,10,15H2,1H3. The Balaban J connectivity index is 2.11. The highest BCUT2D eigenvalue weighted by atomic mass is 32.2. The number of sulfonamides is 1. The lowest BCUT2D eigenvalue weighted by Crippen LogP contribution is -2.38. The van der Waals surface area contributed by atoms with E-state index in [9.17, 15) is 13.2 Å². The van der Waals surface area contributed by atoms with Crippen molar-refractivity contribution in [3.63, 3.8) is 0 Å². The molecule has 0 aromatic heterocycles. The first-order valence-corrected chi connectivity index (χ1v) is 8.58. The van der Waals surface area contributed by atoms with Crippen LogP contribution in [0.1, 0.15) is 25.3 Å². The van der Waals surface area contributed by atoms with Crippen LogP contribution in [0.3, 0.4) is 0 Å². The number of hydrogen-bond donors (Lipinski definition) is 2. The van der Waals surface area contributed by atoms with Gasteiger partial charge in [-0.3, -0.25) is 4.79 Å². The van der Waals surface area contributed by atoms with Crippen LogP contribution in [0.5, 0.6) is 0 Å². The van der Waals surface area contributed by atoms with Crippen molar-refractivity contribution in [3.8, 4) is 0 Å². The van der Waals surface area contributed by atoms with Gasteiger partial charge in [0.15, 0.2) is 0 Å². The van der Waals surface area contributed by atoms with Crippen LogP contribution < -0.4 is 10.5 Å². The summed E-state index contributed by atoms with van der Waals surface area (Å²) in [6.07, 6.45) is 2.54. The summed E-state index contributed by atoms with van der Waals surface area (Å²) in [4.78, 5) is 13.8. The van der Waals surface area contributed by atoms with Crippen LogP contribution in [0.25, 0.3) is 0 Å². The van der Waals surface area contributed by atoms with E-state index in [1.54, 1.807) is 17.0 Å². The summed E-state index contributed by atoms with van der Waals surface area (Å²) in [7, 11) is -3.73. The van der Waals surface area contributed by atoms with Gasteiger partial charge < -0.3 is 10.6 Å². The van der Waals surface area contributed by atoms with Crippen LogP contribution in [-0.2, 0) is 21.2 Å². The van der Waals surface area contributed by atoms with Gasteiger partial charge in [0, 0.05) is 18.8 Å². The van der Waals surface area contributed by atoms with Crippen LogP contribution in [0.2, 0.25) is 0 Å². The SMILES string of the molecule is CCc1ccc(N)cc1S(=O)(=O)NCC(=O)N1CCCC1. The van der Waals surface area contributed by atoms with E-state index in [1.807, 2.05) is 6.92 Å². The van der Waals surface area contributed by atoms with E-state index in [-0.39, 0.29) is 17.3 Å². The number of carbonyl (C=O) groups is 1. The van der Waals surface area contributed by atoms with Crippen molar-refractivity contribution in [1.29, 1.82) is 0 Å². The molecule has 1 aromatic rings. The number of rotatable bonds is 5. The molecule has 0 bridgehead atoms. The summed E-state index contributed by atoms with van der Waals surface area (Å²) in [5.41, 5.74) is 6.74. The number of amides is 1. The minimum atomic E-state index is -3.73. The number of nitrogen functional groups attached to an aromatic ring is 1. The first-order valence-electron chi connectivity index (χ1n) is 7.10. The van der Waals surface area contributed by atoms with Gasteiger partial charge in [-0.05, 0) is 37.0 Å². The lowest BCUT2D eigenvalue weighted by atomic mass is 10.1. The average molecular weight is 311 g/mol. The van der Waals surface area contributed by atoms with E-state index >= 15 is 0 Å². The van der Waals surface area contributed by atoms with Gasteiger partial charge in [0.2, 0.25) is 15.9 Å². The fourth-order valence-electron chi connectivity index (χ4n) is 2.43. The van der Waals surface area contributed by atoms with Gasteiger partial charge in [-0.1, -0.05) is 13.0 Å². The van der Waals surface area contributed by atoms with Gasteiger partial charge in [-0.15, -0.1) is 0 Å². The molecule has 0 radical (unpaired) electrons. The van der Waals surface area contributed by atoms with E-state index in [2.05, 4.69) is 4.72 Å². The fraction of sp³-hybridized carbons (Fsp3) is 0.500. The van der Waals surface area contributed by atoms with E-state index < -0.39 is 10.0 Å². The Morgan fingerprint density at radius 1 is 1.33 bits per heavy atom. The van der Waals surface area contributed by atoms with E-state index in [4.69, 9.17) is 5.73 Å². The molecule has 1 heterocycles. The van der Waals surface area contributed by atoms with Crippen LogP contribution in [-0.4, -0.2) is 38.9 Å².